The molecule has 0 amide bonds. The number of hydrogen-bond acceptors (Lipinski definition) is 2. The molecular weight excluding hydrogens is 289 g/mol. The van der Waals surface area contributed by atoms with Gasteiger partial charge in [-0.2, -0.15) is 5.10 Å². The van der Waals surface area contributed by atoms with Gasteiger partial charge in [-0.05, 0) is 40.5 Å². The predicted molar refractivity (Wildman–Crippen MR) is 69.6 cm³/mol. The lowest BCUT2D eigenvalue weighted by atomic mass is 10.2. The van der Waals surface area contributed by atoms with Crippen molar-refractivity contribution < 1.29 is 0 Å². The molecule has 0 spiro atoms. The minimum Gasteiger partial charge on any atom is -0.398 e. The summed E-state index contributed by atoms with van der Waals surface area (Å²) in [6.07, 6.45) is 1.65. The third-order valence-corrected chi connectivity index (χ3v) is 3.53. The summed E-state index contributed by atoms with van der Waals surface area (Å²) in [5.74, 6) is 0. The van der Waals surface area contributed by atoms with Crippen molar-refractivity contribution in [1.29, 1.82) is 0 Å². The number of hydrogen-bond donors (Lipinski definition) is 1. The van der Waals surface area contributed by atoms with E-state index in [4.69, 9.17) is 17.3 Å². The van der Waals surface area contributed by atoms with Gasteiger partial charge < -0.3 is 5.73 Å². The van der Waals surface area contributed by atoms with E-state index in [-0.39, 0.29) is 0 Å². The molecule has 0 unspecified atom stereocenters. The first kappa shape index (κ1) is 11.5. The van der Waals surface area contributed by atoms with Crippen LogP contribution in [-0.4, -0.2) is 9.78 Å². The number of benzene rings is 1. The third-order valence-electron chi connectivity index (χ3n) is 2.44. The fourth-order valence-electron chi connectivity index (χ4n) is 1.45. The van der Waals surface area contributed by atoms with E-state index in [9.17, 15) is 0 Å². The Morgan fingerprint density at radius 2 is 2.25 bits per heavy atom. The van der Waals surface area contributed by atoms with Crippen molar-refractivity contribution in [3.8, 4) is 0 Å². The molecule has 0 fully saturated rings. The second-order valence-electron chi connectivity index (χ2n) is 3.59. The molecule has 1 heterocycles. The van der Waals surface area contributed by atoms with Gasteiger partial charge in [0.25, 0.3) is 0 Å². The van der Waals surface area contributed by atoms with Gasteiger partial charge in [0.05, 0.1) is 23.5 Å². The zero-order valence-electron chi connectivity index (χ0n) is 8.74. The van der Waals surface area contributed by atoms with Gasteiger partial charge >= 0.3 is 0 Å². The van der Waals surface area contributed by atoms with E-state index in [1.807, 2.05) is 29.8 Å². The molecular formula is C11H11BrClN3. The summed E-state index contributed by atoms with van der Waals surface area (Å²) in [5.41, 5.74) is 8.61. The van der Waals surface area contributed by atoms with Crippen molar-refractivity contribution in [2.75, 3.05) is 5.73 Å². The summed E-state index contributed by atoms with van der Waals surface area (Å²) in [7, 11) is 0. The van der Waals surface area contributed by atoms with E-state index >= 15 is 0 Å². The molecule has 2 aromatic rings. The van der Waals surface area contributed by atoms with Crippen LogP contribution in [0, 0.1) is 6.92 Å². The van der Waals surface area contributed by atoms with Crippen molar-refractivity contribution in [2.45, 2.75) is 13.5 Å². The minimum atomic E-state index is 0.677. The molecule has 84 valence electrons. The Kier molecular flexibility index (Phi) is 3.21. The second kappa shape index (κ2) is 4.47. The van der Waals surface area contributed by atoms with Crippen LogP contribution in [0.2, 0.25) is 5.02 Å². The van der Waals surface area contributed by atoms with Gasteiger partial charge in [0.2, 0.25) is 0 Å². The molecule has 0 bridgehead atoms. The number of rotatable bonds is 2. The smallest absolute Gasteiger partial charge is 0.0815 e. The lowest BCUT2D eigenvalue weighted by molar-refractivity contribution is 0.665. The molecule has 0 aliphatic heterocycles. The number of anilines is 1. The number of nitrogen functional groups attached to an aromatic ring is 1. The van der Waals surface area contributed by atoms with Crippen molar-refractivity contribution in [3.63, 3.8) is 0 Å². The first-order valence-corrected chi connectivity index (χ1v) is 5.97. The second-order valence-corrected chi connectivity index (χ2v) is 4.85. The van der Waals surface area contributed by atoms with Crippen LogP contribution in [-0.2, 0) is 6.54 Å². The van der Waals surface area contributed by atoms with Gasteiger partial charge in [0.15, 0.2) is 0 Å². The van der Waals surface area contributed by atoms with Crippen LogP contribution < -0.4 is 5.73 Å². The van der Waals surface area contributed by atoms with Crippen LogP contribution in [0.3, 0.4) is 0 Å². The summed E-state index contributed by atoms with van der Waals surface area (Å²) in [5, 5.41) is 4.88. The van der Waals surface area contributed by atoms with Gasteiger partial charge in [-0.15, -0.1) is 0 Å². The quantitative estimate of drug-likeness (QED) is 0.865. The molecule has 0 atom stereocenters. The van der Waals surface area contributed by atoms with Gasteiger partial charge in [-0.25, -0.2) is 0 Å². The highest BCUT2D eigenvalue weighted by atomic mass is 79.9. The van der Waals surface area contributed by atoms with Gasteiger partial charge in [0.1, 0.15) is 0 Å². The lowest BCUT2D eigenvalue weighted by Gasteiger charge is -2.06. The van der Waals surface area contributed by atoms with Gasteiger partial charge in [0, 0.05) is 10.2 Å². The first-order chi connectivity index (χ1) is 7.58. The van der Waals surface area contributed by atoms with Crippen molar-refractivity contribution in [2.24, 2.45) is 0 Å². The summed E-state index contributed by atoms with van der Waals surface area (Å²) in [4.78, 5) is 0. The lowest BCUT2D eigenvalue weighted by Crippen LogP contribution is -2.04. The number of nitrogens with zero attached hydrogens (tertiary/aromatic N) is 2. The summed E-state index contributed by atoms with van der Waals surface area (Å²) >= 11 is 9.30. The highest BCUT2D eigenvalue weighted by Gasteiger charge is 2.05. The van der Waals surface area contributed by atoms with Gasteiger partial charge in [-0.3, -0.25) is 4.68 Å². The zero-order chi connectivity index (χ0) is 11.7. The first-order valence-electron chi connectivity index (χ1n) is 4.79. The Morgan fingerprint density at radius 3 is 2.81 bits per heavy atom. The highest BCUT2D eigenvalue weighted by molar-refractivity contribution is 9.10. The SMILES string of the molecule is Cc1c(Cl)cnn1Cc1ccc(Br)c(N)c1. The number of nitrogens with two attached hydrogens (primary N) is 1. The Labute approximate surface area is 107 Å². The maximum atomic E-state index is 5.94. The summed E-state index contributed by atoms with van der Waals surface area (Å²) < 4.78 is 2.76. The molecule has 0 aliphatic carbocycles. The average Bonchev–Trinajstić information content (AvgIpc) is 2.55. The molecule has 2 N–H and O–H groups in total. The number of aromatic nitrogens is 2. The number of halogens is 2. The molecule has 0 saturated carbocycles. The molecule has 16 heavy (non-hydrogen) atoms. The van der Waals surface area contributed by atoms with Crippen molar-refractivity contribution in [3.05, 3.63) is 45.1 Å². The van der Waals surface area contributed by atoms with Crippen LogP contribution in [0.5, 0.6) is 0 Å². The maximum absolute atomic E-state index is 5.94. The minimum absolute atomic E-state index is 0.677. The molecule has 5 heteroatoms. The summed E-state index contributed by atoms with van der Waals surface area (Å²) in [6.45, 7) is 2.62. The van der Waals surface area contributed by atoms with E-state index in [2.05, 4.69) is 21.0 Å². The third kappa shape index (κ3) is 2.23. The van der Waals surface area contributed by atoms with Crippen LogP contribution in [0.1, 0.15) is 11.3 Å². The molecule has 2 rings (SSSR count). The molecule has 3 nitrogen and oxygen atoms in total. The van der Waals surface area contributed by atoms with E-state index < -0.39 is 0 Å². The topological polar surface area (TPSA) is 43.8 Å². The van der Waals surface area contributed by atoms with Crippen LogP contribution in [0.25, 0.3) is 0 Å². The zero-order valence-corrected chi connectivity index (χ0v) is 11.1. The maximum Gasteiger partial charge on any atom is 0.0815 e. The fraction of sp³-hybridized carbons (Fsp3) is 0.182. The largest absolute Gasteiger partial charge is 0.398 e. The van der Waals surface area contributed by atoms with Crippen LogP contribution >= 0.6 is 27.5 Å². The van der Waals surface area contributed by atoms with Gasteiger partial charge in [-0.1, -0.05) is 17.7 Å². The van der Waals surface area contributed by atoms with E-state index in [1.165, 1.54) is 0 Å². The van der Waals surface area contributed by atoms with Crippen molar-refractivity contribution >= 4 is 33.2 Å². The normalized spacial score (nSPS) is 10.7. The Balaban J connectivity index is 2.27. The Hall–Kier alpha value is -1.00. The predicted octanol–water partition coefficient (Wildman–Crippen LogP) is 3.24. The van der Waals surface area contributed by atoms with Crippen molar-refractivity contribution in [1.82, 2.24) is 9.78 Å². The molecule has 1 aromatic heterocycles. The molecule has 0 aliphatic rings. The van der Waals surface area contributed by atoms with Crippen LogP contribution in [0.15, 0.2) is 28.9 Å². The Bertz CT molecular complexity index is 522. The standard InChI is InChI=1S/C11H11BrClN3/c1-7-10(13)5-15-16(7)6-8-2-3-9(12)11(14)4-8/h2-5H,6,14H2,1H3. The molecule has 0 radical (unpaired) electrons. The monoisotopic (exact) mass is 299 g/mol. The van der Waals surface area contributed by atoms with E-state index in [0.717, 1.165) is 21.4 Å². The fourth-order valence-corrected chi connectivity index (χ4v) is 1.84. The van der Waals surface area contributed by atoms with E-state index in [1.54, 1.807) is 6.20 Å². The molecule has 0 saturated heterocycles. The average molecular weight is 301 g/mol. The highest BCUT2D eigenvalue weighted by Crippen LogP contribution is 2.21. The van der Waals surface area contributed by atoms with Crippen LogP contribution in [0.4, 0.5) is 5.69 Å². The molecule has 1 aromatic carbocycles. The summed E-state index contributed by atoms with van der Waals surface area (Å²) in [6, 6.07) is 5.87. The Morgan fingerprint density at radius 1 is 1.50 bits per heavy atom. The van der Waals surface area contributed by atoms with E-state index in [0.29, 0.717) is 11.6 Å².